The smallest absolute Gasteiger partial charge is 0.0899 e. The molecule has 0 saturated heterocycles. The second-order valence-electron chi connectivity index (χ2n) is 3.18. The van der Waals surface area contributed by atoms with Crippen LogP contribution in [0.2, 0.25) is 0 Å². The van der Waals surface area contributed by atoms with Crippen LogP contribution in [0.3, 0.4) is 0 Å². The third-order valence-electron chi connectivity index (χ3n) is 2.19. The van der Waals surface area contributed by atoms with Crippen molar-refractivity contribution in [2.75, 3.05) is 14.1 Å². The predicted molar refractivity (Wildman–Crippen MR) is 48.6 cm³/mol. The molecule has 0 aliphatic rings. The zero-order valence-corrected chi connectivity index (χ0v) is 8.13. The van der Waals surface area contributed by atoms with E-state index in [4.69, 9.17) is 0 Å². The molecule has 1 N–H and O–H groups in total. The van der Waals surface area contributed by atoms with Crippen molar-refractivity contribution < 1.29 is 5.11 Å². The summed E-state index contributed by atoms with van der Waals surface area (Å²) in [5, 5.41) is 9.65. The van der Waals surface area contributed by atoms with Crippen LogP contribution in [-0.4, -0.2) is 36.2 Å². The third kappa shape index (κ3) is 3.04. The lowest BCUT2D eigenvalue weighted by molar-refractivity contribution is 0.114. The summed E-state index contributed by atoms with van der Waals surface area (Å²) < 4.78 is 0. The minimum Gasteiger partial charge on any atom is -0.387 e. The highest BCUT2D eigenvalue weighted by Gasteiger charge is 2.16. The van der Waals surface area contributed by atoms with Crippen LogP contribution in [0.4, 0.5) is 0 Å². The van der Waals surface area contributed by atoms with Crippen LogP contribution in [0, 0.1) is 0 Å². The predicted octanol–water partition coefficient (Wildman–Crippen LogP) is 1.26. The topological polar surface area (TPSA) is 23.5 Å². The second-order valence-corrected chi connectivity index (χ2v) is 3.18. The first-order valence-electron chi connectivity index (χ1n) is 3.98. The average Bonchev–Trinajstić information content (AvgIpc) is 2.00. The largest absolute Gasteiger partial charge is 0.387 e. The summed E-state index contributed by atoms with van der Waals surface area (Å²) >= 11 is 0. The molecule has 0 fully saturated rings. The first-order chi connectivity index (χ1) is 5.00. The average molecular weight is 157 g/mol. The molecule has 0 rings (SSSR count). The highest BCUT2D eigenvalue weighted by Crippen LogP contribution is 2.08. The van der Waals surface area contributed by atoms with Crippen LogP contribution in [0.15, 0.2) is 11.6 Å². The summed E-state index contributed by atoms with van der Waals surface area (Å²) in [6.45, 7) is 5.91. The van der Waals surface area contributed by atoms with Gasteiger partial charge in [0.15, 0.2) is 0 Å². The molecule has 0 radical (unpaired) electrons. The molecule has 0 aromatic carbocycles. The third-order valence-corrected chi connectivity index (χ3v) is 2.19. The SMILES string of the molecule is C/C=C(\C)C(O)C(C)N(C)C. The fourth-order valence-electron chi connectivity index (χ4n) is 0.834. The number of rotatable bonds is 3. The molecule has 0 spiro atoms. The van der Waals surface area contributed by atoms with Crippen molar-refractivity contribution in [2.45, 2.75) is 32.9 Å². The Bertz CT molecular complexity index is 140. The maximum Gasteiger partial charge on any atom is 0.0899 e. The van der Waals surface area contributed by atoms with Gasteiger partial charge in [-0.3, -0.25) is 0 Å². The Balaban J connectivity index is 4.13. The fourth-order valence-corrected chi connectivity index (χ4v) is 0.834. The van der Waals surface area contributed by atoms with Crippen LogP contribution in [-0.2, 0) is 0 Å². The zero-order chi connectivity index (χ0) is 9.02. The molecule has 0 aliphatic carbocycles. The first-order valence-corrected chi connectivity index (χ1v) is 3.98. The van der Waals surface area contributed by atoms with Crippen LogP contribution in [0.25, 0.3) is 0 Å². The minimum atomic E-state index is -0.338. The van der Waals surface area contributed by atoms with Gasteiger partial charge in [0.1, 0.15) is 0 Å². The van der Waals surface area contributed by atoms with Crippen molar-refractivity contribution in [3.63, 3.8) is 0 Å². The normalized spacial score (nSPS) is 18.6. The van der Waals surface area contributed by atoms with Crippen LogP contribution in [0.5, 0.6) is 0 Å². The summed E-state index contributed by atoms with van der Waals surface area (Å²) in [5.74, 6) is 0. The molecule has 11 heavy (non-hydrogen) atoms. The van der Waals surface area contributed by atoms with Gasteiger partial charge in [0.2, 0.25) is 0 Å². The van der Waals surface area contributed by atoms with Gasteiger partial charge in [-0.2, -0.15) is 0 Å². The van der Waals surface area contributed by atoms with Crippen LogP contribution in [0.1, 0.15) is 20.8 Å². The summed E-state index contributed by atoms with van der Waals surface area (Å²) in [6.07, 6.45) is 1.61. The summed E-state index contributed by atoms with van der Waals surface area (Å²) in [7, 11) is 3.94. The standard InChI is InChI=1S/C9H19NO/c1-6-7(2)9(11)8(3)10(4)5/h6,8-9,11H,1-5H3/b7-6+. The molecule has 0 aliphatic heterocycles. The Kier molecular flexibility index (Phi) is 4.38. The Morgan fingerprint density at radius 1 is 1.45 bits per heavy atom. The lowest BCUT2D eigenvalue weighted by Crippen LogP contribution is -2.36. The Morgan fingerprint density at radius 3 is 2.18 bits per heavy atom. The molecule has 0 bridgehead atoms. The van der Waals surface area contributed by atoms with Crippen LogP contribution < -0.4 is 0 Å². The van der Waals surface area contributed by atoms with Gasteiger partial charge < -0.3 is 10.0 Å². The van der Waals surface area contributed by atoms with Gasteiger partial charge in [0.25, 0.3) is 0 Å². The van der Waals surface area contributed by atoms with Gasteiger partial charge in [-0.05, 0) is 40.4 Å². The number of likely N-dealkylation sites (N-methyl/N-ethyl adjacent to an activating group) is 1. The molecule has 0 saturated carbocycles. The van der Waals surface area contributed by atoms with E-state index in [-0.39, 0.29) is 12.1 Å². The monoisotopic (exact) mass is 157 g/mol. The van der Waals surface area contributed by atoms with Crippen LogP contribution >= 0.6 is 0 Å². The Labute approximate surface area is 69.5 Å². The molecule has 66 valence electrons. The van der Waals surface area contributed by atoms with Gasteiger partial charge in [0, 0.05) is 6.04 Å². The van der Waals surface area contributed by atoms with E-state index < -0.39 is 0 Å². The van der Waals surface area contributed by atoms with E-state index in [1.807, 2.05) is 45.8 Å². The van der Waals surface area contributed by atoms with Gasteiger partial charge in [-0.15, -0.1) is 0 Å². The number of nitrogens with zero attached hydrogens (tertiary/aromatic N) is 1. The first kappa shape index (κ1) is 10.7. The Hall–Kier alpha value is -0.340. The molecule has 0 aromatic heterocycles. The van der Waals surface area contributed by atoms with E-state index in [0.717, 1.165) is 5.57 Å². The molecule has 0 aromatic rings. The molecular formula is C9H19NO. The second kappa shape index (κ2) is 4.52. The lowest BCUT2D eigenvalue weighted by atomic mass is 10.0. The molecule has 0 amide bonds. The summed E-state index contributed by atoms with van der Waals surface area (Å²) in [4.78, 5) is 2.01. The lowest BCUT2D eigenvalue weighted by Gasteiger charge is -2.25. The molecule has 0 heterocycles. The van der Waals surface area contributed by atoms with E-state index in [1.165, 1.54) is 0 Å². The summed E-state index contributed by atoms with van der Waals surface area (Å²) in [5.41, 5.74) is 1.03. The van der Waals surface area contributed by atoms with Gasteiger partial charge in [-0.25, -0.2) is 0 Å². The number of hydrogen-bond donors (Lipinski definition) is 1. The number of aliphatic hydroxyl groups is 1. The number of hydrogen-bond acceptors (Lipinski definition) is 2. The Morgan fingerprint density at radius 2 is 1.91 bits per heavy atom. The molecule has 2 unspecified atom stereocenters. The van der Waals surface area contributed by atoms with Gasteiger partial charge >= 0.3 is 0 Å². The van der Waals surface area contributed by atoms with Gasteiger partial charge in [0.05, 0.1) is 6.10 Å². The van der Waals surface area contributed by atoms with Crippen molar-refractivity contribution in [1.29, 1.82) is 0 Å². The number of aliphatic hydroxyl groups excluding tert-OH is 1. The molecular weight excluding hydrogens is 138 g/mol. The maximum atomic E-state index is 9.65. The fraction of sp³-hybridized carbons (Fsp3) is 0.778. The van der Waals surface area contributed by atoms with E-state index in [1.54, 1.807) is 0 Å². The summed E-state index contributed by atoms with van der Waals surface area (Å²) in [6, 6.07) is 0.186. The van der Waals surface area contributed by atoms with Crippen molar-refractivity contribution in [1.82, 2.24) is 4.90 Å². The number of allylic oxidation sites excluding steroid dienone is 1. The van der Waals surface area contributed by atoms with E-state index >= 15 is 0 Å². The molecule has 2 heteroatoms. The highest BCUT2D eigenvalue weighted by atomic mass is 16.3. The zero-order valence-electron chi connectivity index (χ0n) is 8.13. The molecule has 2 nitrogen and oxygen atoms in total. The van der Waals surface area contributed by atoms with Crippen molar-refractivity contribution in [3.8, 4) is 0 Å². The highest BCUT2D eigenvalue weighted by molar-refractivity contribution is 5.05. The maximum absolute atomic E-state index is 9.65. The quantitative estimate of drug-likeness (QED) is 0.623. The van der Waals surface area contributed by atoms with E-state index in [9.17, 15) is 5.11 Å². The van der Waals surface area contributed by atoms with E-state index in [2.05, 4.69) is 0 Å². The van der Waals surface area contributed by atoms with Crippen molar-refractivity contribution >= 4 is 0 Å². The van der Waals surface area contributed by atoms with Crippen molar-refractivity contribution in [2.24, 2.45) is 0 Å². The van der Waals surface area contributed by atoms with Crippen molar-refractivity contribution in [3.05, 3.63) is 11.6 Å². The van der Waals surface area contributed by atoms with Gasteiger partial charge in [-0.1, -0.05) is 6.08 Å². The minimum absolute atomic E-state index is 0.186. The molecule has 2 atom stereocenters. The van der Waals surface area contributed by atoms with E-state index in [0.29, 0.717) is 0 Å².